The van der Waals surface area contributed by atoms with Gasteiger partial charge in [0.25, 0.3) is 5.76 Å². The second kappa shape index (κ2) is 7.36. The zero-order valence-corrected chi connectivity index (χ0v) is 12.8. The van der Waals surface area contributed by atoms with E-state index in [9.17, 15) is 8.78 Å². The van der Waals surface area contributed by atoms with E-state index in [1.54, 1.807) is 6.07 Å². The largest absolute Gasteiger partial charge is 0.463 e. The third kappa shape index (κ3) is 4.97. The van der Waals surface area contributed by atoms with Gasteiger partial charge in [0, 0.05) is 25.5 Å². The van der Waals surface area contributed by atoms with Gasteiger partial charge in [0.2, 0.25) is 0 Å². The van der Waals surface area contributed by atoms with E-state index >= 15 is 0 Å². The topological polar surface area (TPSA) is 28.4 Å². The number of anilines is 2. The van der Waals surface area contributed by atoms with Gasteiger partial charge < -0.3 is 14.6 Å². The van der Waals surface area contributed by atoms with Crippen LogP contribution in [0.1, 0.15) is 11.5 Å². The highest BCUT2D eigenvalue weighted by atomic mass is 32.2. The Morgan fingerprint density at radius 1 is 1.19 bits per heavy atom. The smallest absolute Gasteiger partial charge is 0.284 e. The molecular formula is C15H18F2N2OS. The number of hydrogen-bond donors (Lipinski definition) is 1. The number of benzene rings is 1. The van der Waals surface area contributed by atoms with E-state index in [1.165, 1.54) is 0 Å². The Labute approximate surface area is 127 Å². The molecule has 0 saturated heterocycles. The zero-order valence-electron chi connectivity index (χ0n) is 12.0. The van der Waals surface area contributed by atoms with Crippen molar-refractivity contribution in [2.24, 2.45) is 0 Å². The van der Waals surface area contributed by atoms with E-state index in [1.807, 2.05) is 49.3 Å². The molecule has 0 aliphatic rings. The van der Waals surface area contributed by atoms with Crippen LogP contribution in [-0.4, -0.2) is 19.9 Å². The third-order valence-corrected chi connectivity index (χ3v) is 3.60. The molecule has 1 aromatic heterocycles. The van der Waals surface area contributed by atoms with Crippen LogP contribution in [0.25, 0.3) is 0 Å². The number of halogens is 2. The van der Waals surface area contributed by atoms with Crippen molar-refractivity contribution in [3.05, 3.63) is 47.9 Å². The lowest BCUT2D eigenvalue weighted by Gasteiger charge is -2.14. The fourth-order valence-electron chi connectivity index (χ4n) is 1.82. The first-order valence-electron chi connectivity index (χ1n) is 6.53. The van der Waals surface area contributed by atoms with E-state index in [0.29, 0.717) is 24.1 Å². The molecule has 2 rings (SSSR count). The second-order valence-electron chi connectivity index (χ2n) is 4.74. The van der Waals surface area contributed by atoms with Crippen molar-refractivity contribution in [2.45, 2.75) is 18.1 Å². The van der Waals surface area contributed by atoms with Crippen LogP contribution in [0.4, 0.5) is 20.2 Å². The molecule has 0 bridgehead atoms. The lowest BCUT2D eigenvalue weighted by Crippen LogP contribution is -2.09. The molecule has 21 heavy (non-hydrogen) atoms. The van der Waals surface area contributed by atoms with E-state index in [4.69, 9.17) is 4.42 Å². The summed E-state index contributed by atoms with van der Waals surface area (Å²) < 4.78 is 29.7. The number of thioether (sulfide) groups is 1. The zero-order chi connectivity index (χ0) is 15.2. The predicted octanol–water partition coefficient (Wildman–Crippen LogP) is 4.41. The van der Waals surface area contributed by atoms with E-state index in [-0.39, 0.29) is 5.75 Å². The minimum Gasteiger partial charge on any atom is -0.463 e. The Balaban J connectivity index is 1.89. The summed E-state index contributed by atoms with van der Waals surface area (Å²) in [6.45, 7) is 0.524. The van der Waals surface area contributed by atoms with Crippen molar-refractivity contribution in [1.29, 1.82) is 0 Å². The van der Waals surface area contributed by atoms with Crippen molar-refractivity contribution in [3.8, 4) is 0 Å². The van der Waals surface area contributed by atoms with Gasteiger partial charge in [-0.05, 0) is 30.3 Å². The van der Waals surface area contributed by atoms with Gasteiger partial charge in [-0.25, -0.2) is 0 Å². The number of nitrogens with zero attached hydrogens (tertiary/aromatic N) is 1. The molecule has 0 spiro atoms. The van der Waals surface area contributed by atoms with Crippen LogP contribution in [0.3, 0.4) is 0 Å². The minimum atomic E-state index is -2.37. The van der Waals surface area contributed by atoms with Gasteiger partial charge in [0.05, 0.1) is 12.3 Å². The first-order chi connectivity index (χ1) is 10.0. The van der Waals surface area contributed by atoms with Crippen LogP contribution in [0.15, 0.2) is 40.8 Å². The van der Waals surface area contributed by atoms with Crippen molar-refractivity contribution >= 4 is 23.1 Å². The van der Waals surface area contributed by atoms with Crippen LogP contribution in [0.2, 0.25) is 0 Å². The average molecular weight is 312 g/mol. The molecule has 6 heteroatoms. The van der Waals surface area contributed by atoms with Crippen LogP contribution >= 0.6 is 11.8 Å². The summed E-state index contributed by atoms with van der Waals surface area (Å²) >= 11 is 0.564. The maximum atomic E-state index is 12.1. The fourth-order valence-corrected chi connectivity index (χ4v) is 2.27. The van der Waals surface area contributed by atoms with Crippen molar-refractivity contribution < 1.29 is 13.2 Å². The summed E-state index contributed by atoms with van der Waals surface area (Å²) in [5, 5.41) is 3.26. The normalized spacial score (nSPS) is 10.9. The molecule has 0 unspecified atom stereocenters. The molecule has 1 heterocycles. The lowest BCUT2D eigenvalue weighted by molar-refractivity contribution is 0.251. The first kappa shape index (κ1) is 15.7. The highest BCUT2D eigenvalue weighted by Gasteiger charge is 2.07. The molecule has 2 aromatic rings. The predicted molar refractivity (Wildman–Crippen MR) is 84.1 cm³/mol. The summed E-state index contributed by atoms with van der Waals surface area (Å²) in [5.74, 6) is -0.881. The summed E-state index contributed by atoms with van der Waals surface area (Å²) in [6.07, 6.45) is 0. The molecule has 0 aliphatic carbocycles. The molecule has 0 amide bonds. The molecule has 0 saturated carbocycles. The Morgan fingerprint density at radius 2 is 1.95 bits per heavy atom. The van der Waals surface area contributed by atoms with Crippen molar-refractivity contribution in [2.75, 3.05) is 24.3 Å². The molecule has 114 valence electrons. The van der Waals surface area contributed by atoms with Crippen LogP contribution in [0.5, 0.6) is 0 Å². The van der Waals surface area contributed by atoms with Gasteiger partial charge in [-0.1, -0.05) is 17.8 Å². The highest BCUT2D eigenvalue weighted by Crippen LogP contribution is 2.22. The SMILES string of the molecule is CN(C)c1cccc(NCc2ccc(CSC(F)F)o2)c1. The Bertz CT molecular complexity index is 572. The van der Waals surface area contributed by atoms with E-state index in [0.717, 1.165) is 17.1 Å². The maximum Gasteiger partial charge on any atom is 0.284 e. The quantitative estimate of drug-likeness (QED) is 0.819. The summed E-state index contributed by atoms with van der Waals surface area (Å²) in [5.41, 5.74) is 2.09. The Kier molecular flexibility index (Phi) is 5.50. The van der Waals surface area contributed by atoms with Gasteiger partial charge in [-0.15, -0.1) is 0 Å². The van der Waals surface area contributed by atoms with Crippen LogP contribution in [0, 0.1) is 0 Å². The molecule has 0 radical (unpaired) electrons. The van der Waals surface area contributed by atoms with Gasteiger partial charge in [0.1, 0.15) is 11.5 Å². The first-order valence-corrected chi connectivity index (χ1v) is 7.58. The van der Waals surface area contributed by atoms with E-state index < -0.39 is 5.76 Å². The van der Waals surface area contributed by atoms with Crippen molar-refractivity contribution in [1.82, 2.24) is 0 Å². The molecule has 0 aliphatic heterocycles. The summed E-state index contributed by atoms with van der Waals surface area (Å²) in [6, 6.07) is 11.6. The van der Waals surface area contributed by atoms with E-state index in [2.05, 4.69) is 5.32 Å². The molecule has 1 N–H and O–H groups in total. The number of rotatable bonds is 7. The minimum absolute atomic E-state index is 0.188. The molecule has 1 aromatic carbocycles. The number of furan rings is 1. The molecule has 3 nitrogen and oxygen atoms in total. The van der Waals surface area contributed by atoms with Gasteiger partial charge >= 0.3 is 0 Å². The monoisotopic (exact) mass is 312 g/mol. The standard InChI is InChI=1S/C15H18F2N2OS/c1-19(2)12-5-3-4-11(8-12)18-9-13-6-7-14(20-13)10-21-15(16)17/h3-8,15,18H,9-10H2,1-2H3. The van der Waals surface area contributed by atoms with Gasteiger partial charge in [-0.3, -0.25) is 0 Å². The molecule has 0 fully saturated rings. The average Bonchev–Trinajstić information content (AvgIpc) is 2.91. The molecule has 0 atom stereocenters. The second-order valence-corrected chi connectivity index (χ2v) is 5.72. The highest BCUT2D eigenvalue weighted by molar-refractivity contribution is 7.98. The Morgan fingerprint density at radius 3 is 2.67 bits per heavy atom. The molecular weight excluding hydrogens is 294 g/mol. The van der Waals surface area contributed by atoms with Gasteiger partial charge in [-0.2, -0.15) is 8.78 Å². The number of nitrogens with one attached hydrogen (secondary N) is 1. The summed E-state index contributed by atoms with van der Waals surface area (Å²) in [4.78, 5) is 2.03. The number of alkyl halides is 2. The van der Waals surface area contributed by atoms with Crippen LogP contribution in [-0.2, 0) is 12.3 Å². The van der Waals surface area contributed by atoms with Crippen molar-refractivity contribution in [3.63, 3.8) is 0 Å². The third-order valence-electron chi connectivity index (χ3n) is 2.90. The number of hydrogen-bond acceptors (Lipinski definition) is 4. The fraction of sp³-hybridized carbons (Fsp3) is 0.333. The maximum absolute atomic E-state index is 12.1. The lowest BCUT2D eigenvalue weighted by atomic mass is 10.2. The van der Waals surface area contributed by atoms with Gasteiger partial charge in [0.15, 0.2) is 0 Å². The van der Waals surface area contributed by atoms with Crippen LogP contribution < -0.4 is 10.2 Å². The Hall–Kier alpha value is -1.69. The summed E-state index contributed by atoms with van der Waals surface area (Å²) in [7, 11) is 3.97.